The number of carbonyl (C=O) groups is 1. The maximum absolute atomic E-state index is 11.0. The highest BCUT2D eigenvalue weighted by atomic mass is 16.1. The van der Waals surface area contributed by atoms with Crippen LogP contribution >= 0.6 is 0 Å². The molecule has 1 rings (SSSR count). The molecule has 5 heteroatoms. The van der Waals surface area contributed by atoms with Crippen molar-refractivity contribution < 1.29 is 4.79 Å². The molecule has 0 saturated carbocycles. The maximum Gasteiger partial charge on any atom is 0.221 e. The minimum atomic E-state index is -0.0628. The minimum absolute atomic E-state index is 0.0628. The van der Waals surface area contributed by atoms with Crippen molar-refractivity contribution in [3.8, 4) is 0 Å². The Morgan fingerprint density at radius 3 is 2.75 bits per heavy atom. The summed E-state index contributed by atoms with van der Waals surface area (Å²) in [5, 5.41) is 9.28. The molecule has 1 aromatic carbocycles. The number of unbranched alkanes of at least 4 members (excludes halogenated alkanes) is 1. The number of hydrogen-bond acceptors (Lipinski definition) is 2. The van der Waals surface area contributed by atoms with Crippen LogP contribution in [0, 0.1) is 0 Å². The largest absolute Gasteiger partial charge is 0.356 e. The predicted octanol–water partition coefficient (Wildman–Crippen LogP) is 2.11. The Kier molecular flexibility index (Phi) is 7.17. The molecule has 0 aliphatic carbocycles. The van der Waals surface area contributed by atoms with Gasteiger partial charge in [-0.2, -0.15) is 0 Å². The monoisotopic (exact) mass is 276 g/mol. The second-order valence-electron chi connectivity index (χ2n) is 4.59. The summed E-state index contributed by atoms with van der Waals surface area (Å²) in [5.41, 5.74) is 1.90. The number of benzene rings is 1. The molecule has 0 aliphatic heterocycles. The third kappa shape index (κ3) is 6.22. The van der Waals surface area contributed by atoms with Crippen molar-refractivity contribution in [2.24, 2.45) is 4.99 Å². The van der Waals surface area contributed by atoms with E-state index in [0.29, 0.717) is 6.54 Å². The Balaban J connectivity index is 2.49. The molecule has 110 valence electrons. The Morgan fingerprint density at radius 1 is 1.30 bits per heavy atom. The number of nitrogens with one attached hydrogen (secondary N) is 3. The summed E-state index contributed by atoms with van der Waals surface area (Å²) in [6.07, 6.45) is 2.28. The summed E-state index contributed by atoms with van der Waals surface area (Å²) in [5.74, 6) is 0.732. The molecule has 0 radical (unpaired) electrons. The number of nitrogens with zero attached hydrogens (tertiary/aromatic N) is 1. The minimum Gasteiger partial charge on any atom is -0.356 e. The lowest BCUT2D eigenvalue weighted by Crippen LogP contribution is -2.37. The van der Waals surface area contributed by atoms with Crippen molar-refractivity contribution in [3.05, 3.63) is 29.8 Å². The summed E-state index contributed by atoms with van der Waals surface area (Å²) < 4.78 is 0. The fourth-order valence-electron chi connectivity index (χ4n) is 1.75. The molecule has 0 aromatic heterocycles. The van der Waals surface area contributed by atoms with Gasteiger partial charge in [0.15, 0.2) is 5.96 Å². The van der Waals surface area contributed by atoms with Crippen LogP contribution in [0.25, 0.3) is 0 Å². The smallest absolute Gasteiger partial charge is 0.221 e. The van der Waals surface area contributed by atoms with E-state index in [4.69, 9.17) is 0 Å². The molecule has 0 unspecified atom stereocenters. The maximum atomic E-state index is 11.0. The van der Waals surface area contributed by atoms with Gasteiger partial charge in [-0.15, -0.1) is 0 Å². The van der Waals surface area contributed by atoms with Crippen LogP contribution in [0.15, 0.2) is 29.3 Å². The third-order valence-electron chi connectivity index (χ3n) is 2.75. The fourth-order valence-corrected chi connectivity index (χ4v) is 1.75. The highest BCUT2D eigenvalue weighted by molar-refractivity contribution is 5.88. The molecule has 1 aromatic rings. The molecule has 0 saturated heterocycles. The second-order valence-corrected chi connectivity index (χ2v) is 4.59. The van der Waals surface area contributed by atoms with Crippen molar-refractivity contribution in [2.45, 2.75) is 33.2 Å². The van der Waals surface area contributed by atoms with E-state index in [0.717, 1.165) is 36.6 Å². The van der Waals surface area contributed by atoms with Crippen molar-refractivity contribution >= 4 is 17.6 Å². The van der Waals surface area contributed by atoms with Crippen molar-refractivity contribution in [1.29, 1.82) is 0 Å². The zero-order valence-electron chi connectivity index (χ0n) is 12.5. The quantitative estimate of drug-likeness (QED) is 0.423. The topological polar surface area (TPSA) is 65.5 Å². The average Bonchev–Trinajstić information content (AvgIpc) is 2.42. The van der Waals surface area contributed by atoms with Crippen molar-refractivity contribution in [1.82, 2.24) is 10.6 Å². The first kappa shape index (κ1) is 16.0. The normalized spacial score (nSPS) is 11.1. The van der Waals surface area contributed by atoms with Crippen molar-refractivity contribution in [3.63, 3.8) is 0 Å². The van der Waals surface area contributed by atoms with E-state index in [2.05, 4.69) is 27.9 Å². The molecule has 0 fully saturated rings. The molecule has 0 heterocycles. The number of aliphatic imine (C=N–C) groups is 1. The Labute approximate surface area is 120 Å². The van der Waals surface area contributed by atoms with Gasteiger partial charge in [-0.25, -0.2) is 0 Å². The molecule has 3 N–H and O–H groups in total. The molecule has 1 amide bonds. The highest BCUT2D eigenvalue weighted by Gasteiger charge is 2.00. The molecular weight excluding hydrogens is 252 g/mol. The molecule has 5 nitrogen and oxygen atoms in total. The zero-order valence-corrected chi connectivity index (χ0v) is 12.5. The standard InChI is InChI=1S/C15H24N4O/c1-4-5-9-17-15(16-3)18-11-13-7-6-8-14(10-13)19-12(2)20/h6-8,10H,4-5,9,11H2,1-3H3,(H,19,20)(H2,16,17,18). The number of anilines is 1. The first-order chi connectivity index (χ1) is 9.65. The van der Waals surface area contributed by atoms with Gasteiger partial charge in [-0.05, 0) is 24.1 Å². The lowest BCUT2D eigenvalue weighted by Gasteiger charge is -2.12. The van der Waals surface area contributed by atoms with E-state index in [1.54, 1.807) is 7.05 Å². The van der Waals surface area contributed by atoms with Crippen LogP contribution in [0.2, 0.25) is 0 Å². The summed E-state index contributed by atoms with van der Waals surface area (Å²) in [4.78, 5) is 15.2. The highest BCUT2D eigenvalue weighted by Crippen LogP contribution is 2.10. The average molecular weight is 276 g/mol. The Morgan fingerprint density at radius 2 is 2.10 bits per heavy atom. The SMILES string of the molecule is CCCCNC(=NC)NCc1cccc(NC(C)=O)c1. The fraction of sp³-hybridized carbons (Fsp3) is 0.467. The molecule has 0 bridgehead atoms. The van der Waals surface area contributed by atoms with E-state index in [1.807, 2.05) is 24.3 Å². The van der Waals surface area contributed by atoms with Crippen molar-refractivity contribution in [2.75, 3.05) is 18.9 Å². The van der Waals surface area contributed by atoms with E-state index in [1.165, 1.54) is 6.92 Å². The lowest BCUT2D eigenvalue weighted by atomic mass is 10.2. The van der Waals surface area contributed by atoms with Crippen LogP contribution in [0.3, 0.4) is 0 Å². The van der Waals surface area contributed by atoms with Gasteiger partial charge < -0.3 is 16.0 Å². The van der Waals surface area contributed by atoms with E-state index in [-0.39, 0.29) is 5.91 Å². The summed E-state index contributed by atoms with van der Waals surface area (Å²) >= 11 is 0. The molecular formula is C15H24N4O. The number of amides is 1. The van der Waals surface area contributed by atoms with E-state index >= 15 is 0 Å². The van der Waals surface area contributed by atoms with Gasteiger partial charge in [-0.3, -0.25) is 9.79 Å². The molecule has 0 atom stereocenters. The molecule has 0 spiro atoms. The van der Waals surface area contributed by atoms with Gasteiger partial charge in [0, 0.05) is 32.7 Å². The Hall–Kier alpha value is -2.04. The number of hydrogen-bond donors (Lipinski definition) is 3. The van der Waals surface area contributed by atoms with Crippen LogP contribution in [0.5, 0.6) is 0 Å². The van der Waals surface area contributed by atoms with Crippen LogP contribution in [0.1, 0.15) is 32.3 Å². The van der Waals surface area contributed by atoms with Gasteiger partial charge in [0.05, 0.1) is 0 Å². The number of rotatable bonds is 6. The third-order valence-corrected chi connectivity index (χ3v) is 2.75. The molecule has 20 heavy (non-hydrogen) atoms. The zero-order chi connectivity index (χ0) is 14.8. The van der Waals surface area contributed by atoms with Crippen LogP contribution in [0.4, 0.5) is 5.69 Å². The van der Waals surface area contributed by atoms with E-state index < -0.39 is 0 Å². The lowest BCUT2D eigenvalue weighted by molar-refractivity contribution is -0.114. The Bertz CT molecular complexity index is 457. The van der Waals surface area contributed by atoms with Crippen LogP contribution in [-0.4, -0.2) is 25.5 Å². The van der Waals surface area contributed by atoms with Gasteiger partial charge in [0.1, 0.15) is 0 Å². The summed E-state index contributed by atoms with van der Waals surface area (Å²) in [6, 6.07) is 7.76. The molecule has 0 aliphatic rings. The summed E-state index contributed by atoms with van der Waals surface area (Å²) in [7, 11) is 1.76. The first-order valence-corrected chi connectivity index (χ1v) is 6.96. The van der Waals surface area contributed by atoms with Gasteiger partial charge in [0.2, 0.25) is 5.91 Å². The van der Waals surface area contributed by atoms with Crippen LogP contribution < -0.4 is 16.0 Å². The van der Waals surface area contributed by atoms with Gasteiger partial charge >= 0.3 is 0 Å². The number of guanidine groups is 1. The second kappa shape index (κ2) is 8.96. The van der Waals surface area contributed by atoms with Crippen LogP contribution in [-0.2, 0) is 11.3 Å². The van der Waals surface area contributed by atoms with Gasteiger partial charge in [-0.1, -0.05) is 25.5 Å². The number of carbonyl (C=O) groups excluding carboxylic acids is 1. The summed E-state index contributed by atoms with van der Waals surface area (Å²) in [6.45, 7) is 5.25. The van der Waals surface area contributed by atoms with Gasteiger partial charge in [0.25, 0.3) is 0 Å². The predicted molar refractivity (Wildman–Crippen MR) is 83.9 cm³/mol. The first-order valence-electron chi connectivity index (χ1n) is 6.96. The van der Waals surface area contributed by atoms with E-state index in [9.17, 15) is 4.79 Å².